The molecule has 0 bridgehead atoms. The van der Waals surface area contributed by atoms with Gasteiger partial charge in [0.15, 0.2) is 12.1 Å². The van der Waals surface area contributed by atoms with Crippen LogP contribution in [-0.2, 0) is 35.0 Å². The van der Waals surface area contributed by atoms with Crippen molar-refractivity contribution in [2.75, 3.05) is 13.2 Å². The molecule has 1 spiro atoms. The van der Waals surface area contributed by atoms with E-state index in [1.54, 1.807) is 0 Å². The summed E-state index contributed by atoms with van der Waals surface area (Å²) >= 11 is 0. The molecule has 0 amide bonds. The Morgan fingerprint density at radius 2 is 1.76 bits per heavy atom. The first-order valence-electron chi connectivity index (χ1n) is 11.9. The number of benzene rings is 2. The highest BCUT2D eigenvalue weighted by Gasteiger charge is 2.64. The zero-order valence-electron chi connectivity index (χ0n) is 19.4. The van der Waals surface area contributed by atoms with Crippen molar-refractivity contribution in [2.45, 2.75) is 75.9 Å². The molecule has 33 heavy (non-hydrogen) atoms. The van der Waals surface area contributed by atoms with E-state index < -0.39 is 17.7 Å². The van der Waals surface area contributed by atoms with E-state index in [2.05, 4.69) is 49.4 Å². The lowest BCUT2D eigenvalue weighted by Crippen LogP contribution is -2.62. The maximum Gasteiger partial charge on any atom is 0.224 e. The van der Waals surface area contributed by atoms with Gasteiger partial charge in [-0.2, -0.15) is 0 Å². The van der Waals surface area contributed by atoms with Crippen molar-refractivity contribution in [1.29, 1.82) is 0 Å². The summed E-state index contributed by atoms with van der Waals surface area (Å²) in [7, 11) is 0. The van der Waals surface area contributed by atoms with Gasteiger partial charge in [0.1, 0.15) is 24.9 Å². The minimum Gasteiger partial charge on any atom is -0.365 e. The molecule has 7 atom stereocenters. The van der Waals surface area contributed by atoms with Gasteiger partial charge in [-0.25, -0.2) is 0 Å². The highest BCUT2D eigenvalue weighted by atomic mass is 16.9. The number of fused-ring (bicyclic) bond motifs is 1. The number of rotatable bonds is 5. The molecule has 6 nitrogen and oxygen atoms in total. The van der Waals surface area contributed by atoms with E-state index in [4.69, 9.17) is 28.4 Å². The molecule has 1 aliphatic carbocycles. The van der Waals surface area contributed by atoms with Crippen molar-refractivity contribution in [3.63, 3.8) is 0 Å². The van der Waals surface area contributed by atoms with Gasteiger partial charge in [0.25, 0.3) is 0 Å². The summed E-state index contributed by atoms with van der Waals surface area (Å²) < 4.78 is 38.0. The molecule has 176 valence electrons. The molecular formula is C27H32O6. The van der Waals surface area contributed by atoms with E-state index in [1.807, 2.05) is 26.0 Å². The van der Waals surface area contributed by atoms with E-state index in [0.29, 0.717) is 31.7 Å². The molecule has 2 aromatic carbocycles. The van der Waals surface area contributed by atoms with Gasteiger partial charge in [-0.1, -0.05) is 54.6 Å². The van der Waals surface area contributed by atoms with E-state index in [0.717, 1.165) is 12.0 Å². The summed E-state index contributed by atoms with van der Waals surface area (Å²) in [6, 6.07) is 18.8. The third kappa shape index (κ3) is 4.03. The number of hydrogen-bond acceptors (Lipinski definition) is 6. The van der Waals surface area contributed by atoms with Crippen LogP contribution in [0.25, 0.3) is 0 Å². The van der Waals surface area contributed by atoms with Crippen LogP contribution >= 0.6 is 0 Å². The summed E-state index contributed by atoms with van der Waals surface area (Å²) in [5.74, 6) is -0.926. The molecule has 0 unspecified atom stereocenters. The standard InChI is InChI=1S/C27H32O6/c1-17-9-7-8-12-19(17)14-28-24-23-22(15-29-27(24)16-30-26(2,3)33-27)31-25(32-23)21-13-20(21)18-10-5-4-6-11-18/h4-12,20-25H,13-16H2,1-3H3/t20-,21+,22+,23+,24-,25+,27-/m0/s1. The third-order valence-corrected chi connectivity index (χ3v) is 7.33. The second-order valence-corrected chi connectivity index (χ2v) is 10.1. The van der Waals surface area contributed by atoms with Gasteiger partial charge >= 0.3 is 0 Å². The first-order valence-corrected chi connectivity index (χ1v) is 11.9. The number of hydrogen-bond donors (Lipinski definition) is 0. The molecule has 4 fully saturated rings. The zero-order valence-corrected chi connectivity index (χ0v) is 19.4. The molecule has 3 heterocycles. The average Bonchev–Trinajstić information content (AvgIpc) is 3.40. The summed E-state index contributed by atoms with van der Waals surface area (Å²) in [6.07, 6.45) is -0.115. The Labute approximate surface area is 195 Å². The maximum atomic E-state index is 6.56. The van der Waals surface area contributed by atoms with Crippen LogP contribution in [0.2, 0.25) is 0 Å². The van der Waals surface area contributed by atoms with E-state index in [-0.39, 0.29) is 18.5 Å². The Kier molecular flexibility index (Phi) is 5.36. The predicted molar refractivity (Wildman–Crippen MR) is 120 cm³/mol. The summed E-state index contributed by atoms with van der Waals surface area (Å²) in [6.45, 7) is 7.03. The Morgan fingerprint density at radius 1 is 0.970 bits per heavy atom. The fourth-order valence-corrected chi connectivity index (χ4v) is 5.42. The Bertz CT molecular complexity index is 993. The van der Waals surface area contributed by atoms with Crippen molar-refractivity contribution in [2.24, 2.45) is 5.92 Å². The fourth-order valence-electron chi connectivity index (χ4n) is 5.42. The largest absolute Gasteiger partial charge is 0.365 e. The van der Waals surface area contributed by atoms with Gasteiger partial charge in [0, 0.05) is 5.92 Å². The first-order chi connectivity index (χ1) is 15.9. The van der Waals surface area contributed by atoms with Gasteiger partial charge in [-0.05, 0) is 49.8 Å². The van der Waals surface area contributed by atoms with Crippen LogP contribution in [0.3, 0.4) is 0 Å². The second kappa shape index (κ2) is 8.15. The molecule has 1 saturated carbocycles. The third-order valence-electron chi connectivity index (χ3n) is 7.33. The van der Waals surface area contributed by atoms with Gasteiger partial charge in [0.05, 0.1) is 13.2 Å². The van der Waals surface area contributed by atoms with Crippen LogP contribution in [0.4, 0.5) is 0 Å². The van der Waals surface area contributed by atoms with Crippen LogP contribution in [0, 0.1) is 12.8 Å². The number of aryl methyl sites for hydroxylation is 1. The van der Waals surface area contributed by atoms with Gasteiger partial charge < -0.3 is 28.4 Å². The molecule has 3 aliphatic heterocycles. The predicted octanol–water partition coefficient (Wildman–Crippen LogP) is 4.30. The molecule has 3 saturated heterocycles. The Hall–Kier alpha value is -1.80. The van der Waals surface area contributed by atoms with Crippen molar-refractivity contribution in [3.05, 3.63) is 71.3 Å². The molecule has 2 aromatic rings. The minimum atomic E-state index is -1.01. The zero-order chi connectivity index (χ0) is 22.6. The van der Waals surface area contributed by atoms with Crippen molar-refractivity contribution < 1.29 is 28.4 Å². The molecule has 6 heteroatoms. The Morgan fingerprint density at radius 3 is 2.52 bits per heavy atom. The second-order valence-electron chi connectivity index (χ2n) is 10.1. The molecule has 0 radical (unpaired) electrons. The lowest BCUT2D eigenvalue weighted by atomic mass is 9.97. The quantitative estimate of drug-likeness (QED) is 0.674. The summed E-state index contributed by atoms with van der Waals surface area (Å²) in [5, 5.41) is 0. The molecule has 0 aromatic heterocycles. The Balaban J connectivity index is 1.22. The van der Waals surface area contributed by atoms with E-state index in [1.165, 1.54) is 11.1 Å². The molecule has 6 rings (SSSR count). The lowest BCUT2D eigenvalue weighted by molar-refractivity contribution is -0.336. The van der Waals surface area contributed by atoms with Crippen LogP contribution in [0.5, 0.6) is 0 Å². The SMILES string of the molecule is Cc1ccccc1CO[C@H]1[C@@H]2O[C@H]([C@@H]3C[C@H]3c3ccccc3)O[C@@H]2CO[C@]12COC(C)(C)O2. The van der Waals surface area contributed by atoms with Gasteiger partial charge in [-0.15, -0.1) is 0 Å². The molecular weight excluding hydrogens is 420 g/mol. The van der Waals surface area contributed by atoms with E-state index in [9.17, 15) is 0 Å². The lowest BCUT2D eigenvalue weighted by Gasteiger charge is -2.43. The molecule has 4 aliphatic rings. The minimum absolute atomic E-state index is 0.188. The smallest absolute Gasteiger partial charge is 0.224 e. The van der Waals surface area contributed by atoms with E-state index >= 15 is 0 Å². The highest BCUT2D eigenvalue weighted by molar-refractivity contribution is 5.26. The van der Waals surface area contributed by atoms with Gasteiger partial charge in [0.2, 0.25) is 5.79 Å². The van der Waals surface area contributed by atoms with Crippen LogP contribution in [-0.4, -0.2) is 49.4 Å². The van der Waals surface area contributed by atoms with Crippen LogP contribution < -0.4 is 0 Å². The normalized spacial score (nSPS) is 39.0. The van der Waals surface area contributed by atoms with Crippen molar-refractivity contribution in [3.8, 4) is 0 Å². The highest BCUT2D eigenvalue weighted by Crippen LogP contribution is 2.54. The van der Waals surface area contributed by atoms with Gasteiger partial charge in [-0.3, -0.25) is 0 Å². The maximum absolute atomic E-state index is 6.56. The summed E-state index contributed by atoms with van der Waals surface area (Å²) in [5.41, 5.74) is 3.67. The van der Waals surface area contributed by atoms with Crippen molar-refractivity contribution >= 4 is 0 Å². The topological polar surface area (TPSA) is 55.4 Å². The first kappa shape index (κ1) is 21.7. The number of ether oxygens (including phenoxy) is 6. The monoisotopic (exact) mass is 452 g/mol. The van der Waals surface area contributed by atoms with Crippen LogP contribution in [0.1, 0.15) is 42.9 Å². The van der Waals surface area contributed by atoms with Crippen molar-refractivity contribution in [1.82, 2.24) is 0 Å². The average molecular weight is 453 g/mol. The van der Waals surface area contributed by atoms with Crippen LogP contribution in [0.15, 0.2) is 54.6 Å². The fraction of sp³-hybridized carbons (Fsp3) is 0.556. The summed E-state index contributed by atoms with van der Waals surface area (Å²) in [4.78, 5) is 0. The molecule has 0 N–H and O–H groups in total.